The summed E-state index contributed by atoms with van der Waals surface area (Å²) in [4.78, 5) is 10.7. The van der Waals surface area contributed by atoms with Gasteiger partial charge in [0.05, 0.1) is 10.7 Å². The molecule has 0 amide bonds. The highest BCUT2D eigenvalue weighted by Gasteiger charge is 2.14. The smallest absolute Gasteiger partial charge is 0.292 e. The van der Waals surface area contributed by atoms with Crippen LogP contribution in [0.5, 0.6) is 0 Å². The van der Waals surface area contributed by atoms with E-state index in [1.165, 1.54) is 18.0 Å². The fourth-order valence-corrected chi connectivity index (χ4v) is 3.87. The first-order chi connectivity index (χ1) is 9.83. The topological polar surface area (TPSA) is 89.3 Å². The average molecular weight is 332 g/mol. The van der Waals surface area contributed by atoms with Crippen LogP contribution in [0.1, 0.15) is 18.9 Å². The summed E-state index contributed by atoms with van der Waals surface area (Å²) in [6.07, 6.45) is 2.09. The summed E-state index contributed by atoms with van der Waals surface area (Å²) < 4.78 is 22.0. The van der Waals surface area contributed by atoms with Crippen molar-refractivity contribution in [3.63, 3.8) is 0 Å². The highest BCUT2D eigenvalue weighted by molar-refractivity contribution is 7.99. The molecule has 0 heterocycles. The van der Waals surface area contributed by atoms with E-state index in [4.69, 9.17) is 0 Å². The molecular formula is C13H20N2O4S2. The second kappa shape index (κ2) is 8.23. The van der Waals surface area contributed by atoms with Crippen molar-refractivity contribution in [2.75, 3.05) is 29.6 Å². The Balaban J connectivity index is 2.67. The standard InChI is InChI=1S/C13H20N2O4S2/c1-3-6-14-12-5-4-11(9-13(12)15(16)17)10-20-7-8-21(2,18)19/h4-5,9,14H,3,6-8,10H2,1-2H3. The molecule has 1 rings (SSSR count). The van der Waals surface area contributed by atoms with Crippen molar-refractivity contribution in [1.29, 1.82) is 0 Å². The van der Waals surface area contributed by atoms with Crippen LogP contribution in [0.2, 0.25) is 0 Å². The van der Waals surface area contributed by atoms with E-state index in [1.807, 2.05) is 13.0 Å². The summed E-state index contributed by atoms with van der Waals surface area (Å²) >= 11 is 1.46. The summed E-state index contributed by atoms with van der Waals surface area (Å²) in [5, 5.41) is 14.1. The first-order valence-corrected chi connectivity index (χ1v) is 9.81. The molecule has 1 aromatic carbocycles. The zero-order valence-corrected chi connectivity index (χ0v) is 13.8. The Labute approximate surface area is 129 Å². The third kappa shape index (κ3) is 6.81. The van der Waals surface area contributed by atoms with E-state index in [-0.39, 0.29) is 11.4 Å². The number of sulfone groups is 1. The predicted octanol–water partition coefficient (Wildman–Crippen LogP) is 2.69. The summed E-state index contributed by atoms with van der Waals surface area (Å²) in [6, 6.07) is 5.09. The normalized spacial score (nSPS) is 11.3. The third-order valence-corrected chi connectivity index (χ3v) is 4.93. The number of hydrogen-bond donors (Lipinski definition) is 1. The van der Waals surface area contributed by atoms with Crippen molar-refractivity contribution in [2.45, 2.75) is 19.1 Å². The van der Waals surface area contributed by atoms with Gasteiger partial charge in [-0.05, 0) is 18.1 Å². The zero-order chi connectivity index (χ0) is 15.9. The second-order valence-electron chi connectivity index (χ2n) is 4.72. The molecule has 21 heavy (non-hydrogen) atoms. The summed E-state index contributed by atoms with van der Waals surface area (Å²) in [5.41, 5.74) is 1.40. The Morgan fingerprint density at radius 1 is 1.38 bits per heavy atom. The number of nitro benzene ring substituents is 1. The van der Waals surface area contributed by atoms with Crippen LogP contribution in [-0.4, -0.2) is 37.6 Å². The molecule has 0 aromatic heterocycles. The molecule has 0 saturated carbocycles. The van der Waals surface area contributed by atoms with E-state index >= 15 is 0 Å². The van der Waals surface area contributed by atoms with Gasteiger partial charge in [0.15, 0.2) is 0 Å². The molecule has 0 aliphatic heterocycles. The Bertz CT molecular complexity index is 588. The Morgan fingerprint density at radius 2 is 2.10 bits per heavy atom. The van der Waals surface area contributed by atoms with Crippen molar-refractivity contribution in [2.24, 2.45) is 0 Å². The van der Waals surface area contributed by atoms with Crippen LogP contribution in [0.15, 0.2) is 18.2 Å². The van der Waals surface area contributed by atoms with Gasteiger partial charge in [-0.2, -0.15) is 11.8 Å². The van der Waals surface area contributed by atoms with E-state index in [0.29, 0.717) is 23.7 Å². The van der Waals surface area contributed by atoms with Crippen molar-refractivity contribution in [3.8, 4) is 0 Å². The van der Waals surface area contributed by atoms with Gasteiger partial charge in [-0.3, -0.25) is 10.1 Å². The van der Waals surface area contributed by atoms with E-state index < -0.39 is 14.8 Å². The molecule has 0 radical (unpaired) electrons. The quantitative estimate of drug-likeness (QED) is 0.425. The van der Waals surface area contributed by atoms with Gasteiger partial charge in [0.25, 0.3) is 5.69 Å². The number of nitrogens with zero attached hydrogens (tertiary/aromatic N) is 1. The molecule has 6 nitrogen and oxygen atoms in total. The molecule has 0 aliphatic carbocycles. The van der Waals surface area contributed by atoms with Crippen molar-refractivity contribution < 1.29 is 13.3 Å². The number of thioether (sulfide) groups is 1. The molecule has 0 unspecified atom stereocenters. The first kappa shape index (κ1) is 17.8. The van der Waals surface area contributed by atoms with Gasteiger partial charge in [0.1, 0.15) is 15.5 Å². The van der Waals surface area contributed by atoms with Crippen LogP contribution < -0.4 is 5.32 Å². The number of benzene rings is 1. The van der Waals surface area contributed by atoms with Crippen LogP contribution in [0.3, 0.4) is 0 Å². The maximum Gasteiger partial charge on any atom is 0.292 e. The lowest BCUT2D eigenvalue weighted by molar-refractivity contribution is -0.384. The number of nitro groups is 1. The molecule has 0 aliphatic rings. The first-order valence-electron chi connectivity index (χ1n) is 6.60. The van der Waals surface area contributed by atoms with Crippen molar-refractivity contribution in [3.05, 3.63) is 33.9 Å². The lowest BCUT2D eigenvalue weighted by atomic mass is 10.2. The van der Waals surface area contributed by atoms with Crippen molar-refractivity contribution in [1.82, 2.24) is 0 Å². The van der Waals surface area contributed by atoms with E-state index in [9.17, 15) is 18.5 Å². The van der Waals surface area contributed by atoms with Crippen LogP contribution in [0, 0.1) is 10.1 Å². The minimum Gasteiger partial charge on any atom is -0.380 e. The molecule has 0 saturated heterocycles. The average Bonchev–Trinajstić information content (AvgIpc) is 2.40. The maximum absolute atomic E-state index is 11.1. The molecule has 1 aromatic rings. The summed E-state index contributed by atoms with van der Waals surface area (Å²) in [6.45, 7) is 2.68. The van der Waals surface area contributed by atoms with Gasteiger partial charge in [0.2, 0.25) is 0 Å². The molecule has 0 atom stereocenters. The number of nitrogens with one attached hydrogen (secondary N) is 1. The summed E-state index contributed by atoms with van der Waals surface area (Å²) in [5.74, 6) is 1.17. The zero-order valence-electron chi connectivity index (χ0n) is 12.2. The minimum absolute atomic E-state index is 0.0599. The Hall–Kier alpha value is -1.28. The number of rotatable bonds is 9. The van der Waals surface area contributed by atoms with Gasteiger partial charge in [-0.1, -0.05) is 13.0 Å². The molecule has 0 fully saturated rings. The fraction of sp³-hybridized carbons (Fsp3) is 0.538. The molecule has 1 N–H and O–H groups in total. The minimum atomic E-state index is -2.96. The SMILES string of the molecule is CCCNc1ccc(CSCCS(C)(=O)=O)cc1[N+](=O)[O-]. The van der Waals surface area contributed by atoms with Crippen LogP contribution in [0.4, 0.5) is 11.4 Å². The summed E-state index contributed by atoms with van der Waals surface area (Å²) in [7, 11) is -2.96. The van der Waals surface area contributed by atoms with Gasteiger partial charge in [-0.15, -0.1) is 0 Å². The largest absolute Gasteiger partial charge is 0.380 e. The van der Waals surface area contributed by atoms with Gasteiger partial charge >= 0.3 is 0 Å². The van der Waals surface area contributed by atoms with Crippen LogP contribution in [0.25, 0.3) is 0 Å². The third-order valence-electron chi connectivity index (χ3n) is 2.69. The van der Waals surface area contributed by atoms with Gasteiger partial charge in [0, 0.05) is 30.4 Å². The molecular weight excluding hydrogens is 312 g/mol. The fourth-order valence-electron chi connectivity index (χ4n) is 1.63. The van der Waals surface area contributed by atoms with Crippen molar-refractivity contribution >= 4 is 33.0 Å². The maximum atomic E-state index is 11.1. The van der Waals surface area contributed by atoms with Gasteiger partial charge in [-0.25, -0.2) is 8.42 Å². The highest BCUT2D eigenvalue weighted by Crippen LogP contribution is 2.27. The lowest BCUT2D eigenvalue weighted by Gasteiger charge is -2.08. The Morgan fingerprint density at radius 3 is 2.67 bits per heavy atom. The van der Waals surface area contributed by atoms with E-state index in [1.54, 1.807) is 12.1 Å². The lowest BCUT2D eigenvalue weighted by Crippen LogP contribution is -2.05. The highest BCUT2D eigenvalue weighted by atomic mass is 32.2. The Kier molecular flexibility index (Phi) is 6.97. The monoisotopic (exact) mass is 332 g/mol. The molecule has 0 spiro atoms. The van der Waals surface area contributed by atoms with E-state index in [2.05, 4.69) is 5.32 Å². The molecule has 118 valence electrons. The van der Waals surface area contributed by atoms with Crippen LogP contribution in [-0.2, 0) is 15.6 Å². The number of anilines is 1. The molecule has 0 bridgehead atoms. The van der Waals surface area contributed by atoms with Crippen LogP contribution >= 0.6 is 11.8 Å². The second-order valence-corrected chi connectivity index (χ2v) is 8.08. The predicted molar refractivity (Wildman–Crippen MR) is 87.7 cm³/mol. The molecule has 8 heteroatoms. The number of hydrogen-bond acceptors (Lipinski definition) is 6. The van der Waals surface area contributed by atoms with Gasteiger partial charge < -0.3 is 5.32 Å². The van der Waals surface area contributed by atoms with E-state index in [0.717, 1.165) is 12.0 Å².